The molecule has 5 aliphatic rings. The van der Waals surface area contributed by atoms with Crippen LogP contribution in [-0.2, 0) is 5.41 Å². The van der Waals surface area contributed by atoms with E-state index in [0.717, 1.165) is 56.3 Å². The molecular weight excluding hydrogens is 713 g/mol. The number of hydrogen-bond acceptors (Lipinski definition) is 5. The van der Waals surface area contributed by atoms with E-state index in [-0.39, 0.29) is 29.6 Å². The summed E-state index contributed by atoms with van der Waals surface area (Å²) in [4.78, 5) is 9.67. The maximum Gasteiger partial charge on any atom is 0.137 e. The molecule has 6 nitrogen and oxygen atoms in total. The maximum absolute atomic E-state index is 9.17. The molecule has 0 saturated carbocycles. The van der Waals surface area contributed by atoms with Gasteiger partial charge in [0.15, 0.2) is 0 Å². The molecule has 9 aromatic rings. The van der Waals surface area contributed by atoms with Gasteiger partial charge in [-0.1, -0.05) is 99.6 Å². The highest BCUT2D eigenvalue weighted by atomic mass is 16.5. The molecule has 0 N–H and O–H groups in total. The Kier molecular flexibility index (Phi) is 6.77. The Morgan fingerprint density at radius 3 is 1.95 bits per heavy atom. The van der Waals surface area contributed by atoms with Crippen molar-refractivity contribution in [2.24, 2.45) is 0 Å². The third-order valence-corrected chi connectivity index (χ3v) is 11.2. The molecule has 14 rings (SSSR count). The van der Waals surface area contributed by atoms with Crippen molar-refractivity contribution in [3.8, 4) is 51.1 Å². The second-order valence-corrected chi connectivity index (χ2v) is 15.8. The molecule has 0 aliphatic carbocycles. The number of nitrogens with zero attached hydrogens (tertiary/aromatic N) is 4. The Labute approximate surface area is 343 Å². The number of rotatable bonds is 0. The highest BCUT2D eigenvalue weighted by Gasteiger charge is 2.30. The van der Waals surface area contributed by atoms with Gasteiger partial charge in [-0.25, -0.2) is 4.98 Å². The van der Waals surface area contributed by atoms with Gasteiger partial charge >= 0.3 is 0 Å². The first kappa shape index (κ1) is 29.9. The molecule has 0 radical (unpaired) electrons. The summed E-state index contributed by atoms with van der Waals surface area (Å²) < 4.78 is 50.4. The van der Waals surface area contributed by atoms with Crippen LogP contribution in [0.1, 0.15) is 31.8 Å². The van der Waals surface area contributed by atoms with Crippen LogP contribution in [0.5, 0.6) is 23.0 Å². The van der Waals surface area contributed by atoms with E-state index in [4.69, 9.17) is 18.6 Å². The lowest BCUT2D eigenvalue weighted by Crippen LogP contribution is -2.24. The summed E-state index contributed by atoms with van der Waals surface area (Å²) in [6.45, 7) is 7.05. The Morgan fingerprint density at radius 2 is 1.19 bits per heavy atom. The monoisotopic (exact) mass is 756 g/mol. The molecule has 0 atom stereocenters. The molecular formula is C52H40N4O2. The number of hydrogen-bond donors (Lipinski definition) is 0. The smallest absolute Gasteiger partial charge is 0.137 e. The van der Waals surface area contributed by atoms with Gasteiger partial charge in [-0.3, -0.25) is 4.57 Å². The maximum atomic E-state index is 9.17. The summed E-state index contributed by atoms with van der Waals surface area (Å²) in [6, 6.07) is 48.1. The van der Waals surface area contributed by atoms with Crippen LogP contribution in [0.4, 0.5) is 22.7 Å². The molecule has 0 saturated heterocycles. The van der Waals surface area contributed by atoms with E-state index in [0.29, 0.717) is 51.5 Å². The van der Waals surface area contributed by atoms with Crippen LogP contribution in [0.2, 0.25) is 0 Å². The van der Waals surface area contributed by atoms with Crippen molar-refractivity contribution in [2.75, 3.05) is 16.5 Å². The molecule has 0 fully saturated rings. The van der Waals surface area contributed by atoms with Crippen molar-refractivity contribution in [2.45, 2.75) is 26.2 Å². The highest BCUT2D eigenvalue weighted by molar-refractivity contribution is 6.09. The first-order chi connectivity index (χ1) is 30.0. The molecule has 58 heavy (non-hydrogen) atoms. The fraction of sp³-hybridized carbons (Fsp3) is 0.0962. The van der Waals surface area contributed by atoms with Crippen LogP contribution in [-0.4, -0.2) is 16.2 Å². The van der Waals surface area contributed by atoms with Crippen LogP contribution in [0.3, 0.4) is 0 Å². The quantitative estimate of drug-likeness (QED) is 0.154. The molecule has 280 valence electrons. The van der Waals surface area contributed by atoms with Crippen LogP contribution in [0, 0.1) is 0 Å². The SMILES string of the molecule is [2H]c1c([2H])c([2H])c2c(c1[2H])c1ccc3cc1n2-c1cc(C(C)(C)C)c(cn1)-c1ccc(cc1)Oc1ccc(cc1)-c1ccccc1N1CN(c2cccc(c2)O3)c2ccccc21. The summed E-state index contributed by atoms with van der Waals surface area (Å²) in [6.07, 6.45) is 1.86. The predicted molar refractivity (Wildman–Crippen MR) is 237 cm³/mol. The Hall–Kier alpha value is -7.31. The predicted octanol–water partition coefficient (Wildman–Crippen LogP) is 14.0. The summed E-state index contributed by atoms with van der Waals surface area (Å²) in [5.74, 6) is 3.16. The summed E-state index contributed by atoms with van der Waals surface area (Å²) in [5.41, 5.74) is 10.0. The van der Waals surface area contributed by atoms with E-state index >= 15 is 0 Å². The van der Waals surface area contributed by atoms with Crippen LogP contribution in [0.25, 0.3) is 49.9 Å². The van der Waals surface area contributed by atoms with Gasteiger partial charge < -0.3 is 19.3 Å². The summed E-state index contributed by atoms with van der Waals surface area (Å²) in [5, 5.41) is 1.10. The van der Waals surface area contributed by atoms with Crippen LogP contribution >= 0.6 is 0 Å². The van der Waals surface area contributed by atoms with Gasteiger partial charge in [0.05, 0.1) is 33.6 Å². The topological polar surface area (TPSA) is 42.8 Å². The Morgan fingerprint density at radius 1 is 0.552 bits per heavy atom. The van der Waals surface area contributed by atoms with Gasteiger partial charge in [0, 0.05) is 45.9 Å². The molecule has 7 aromatic carbocycles. The summed E-state index contributed by atoms with van der Waals surface area (Å²) in [7, 11) is 0. The minimum atomic E-state index is -0.324. The van der Waals surface area contributed by atoms with Crippen molar-refractivity contribution < 1.29 is 15.0 Å². The lowest BCUT2D eigenvalue weighted by atomic mass is 9.82. The molecule has 6 heteroatoms. The minimum Gasteiger partial charge on any atom is -0.457 e. The first-order valence-corrected chi connectivity index (χ1v) is 19.5. The molecule has 12 bridgehead atoms. The second kappa shape index (κ2) is 13.1. The third-order valence-electron chi connectivity index (χ3n) is 11.2. The molecule has 0 unspecified atom stereocenters. The standard InChI is InChI=1S/C52H40N4O2/c1-52(2,3)45-31-51-53-32-44(45)35-21-25-38(26-22-35)57-37-23-19-34(20-24-37)41-13-4-6-15-46(41)55-33-54(48-17-8-9-18-49(48)55)36-11-10-12-39(29-36)58-40-27-28-43-42-14-5-7-16-47(42)56(51)50(43)30-40/h4-32H,33H2,1-3H3/i5D,7D,14D,16D. The Bertz CT molecular complexity index is 3270. The molecule has 5 aliphatic heterocycles. The zero-order valence-corrected chi connectivity index (χ0v) is 32.2. The van der Waals surface area contributed by atoms with Gasteiger partial charge in [0.1, 0.15) is 35.5 Å². The molecule has 2 aromatic heterocycles. The molecule has 7 heterocycles. The number of para-hydroxylation sites is 4. The largest absolute Gasteiger partial charge is 0.457 e. The highest BCUT2D eigenvalue weighted by Crippen LogP contribution is 2.47. The van der Waals surface area contributed by atoms with E-state index < -0.39 is 0 Å². The van der Waals surface area contributed by atoms with Gasteiger partial charge in [0.25, 0.3) is 0 Å². The van der Waals surface area contributed by atoms with Crippen LogP contribution in [0.15, 0.2) is 176 Å². The number of fused-ring (bicyclic) bond motifs is 6. The normalized spacial score (nSPS) is 14.2. The Balaban J connectivity index is 1.13. The van der Waals surface area contributed by atoms with Gasteiger partial charge in [-0.15, -0.1) is 0 Å². The molecule has 0 amide bonds. The van der Waals surface area contributed by atoms with Gasteiger partial charge in [0.2, 0.25) is 0 Å². The number of aromatic nitrogens is 2. The lowest BCUT2D eigenvalue weighted by Gasteiger charge is -2.25. The fourth-order valence-electron chi connectivity index (χ4n) is 8.40. The number of anilines is 4. The minimum absolute atomic E-state index is 0.102. The average Bonchev–Trinajstić information content (AvgIpc) is 3.84. The van der Waals surface area contributed by atoms with E-state index in [1.807, 2.05) is 89.6 Å². The third kappa shape index (κ3) is 5.67. The van der Waals surface area contributed by atoms with Crippen molar-refractivity contribution in [3.05, 3.63) is 182 Å². The van der Waals surface area contributed by atoms with Crippen molar-refractivity contribution in [3.63, 3.8) is 0 Å². The van der Waals surface area contributed by atoms with Gasteiger partial charge in [-0.05, 0) is 101 Å². The summed E-state index contributed by atoms with van der Waals surface area (Å²) >= 11 is 0. The van der Waals surface area contributed by atoms with E-state index in [9.17, 15) is 1.37 Å². The van der Waals surface area contributed by atoms with E-state index in [1.165, 1.54) is 0 Å². The lowest BCUT2D eigenvalue weighted by molar-refractivity contribution is 0.482. The van der Waals surface area contributed by atoms with Crippen molar-refractivity contribution >= 4 is 44.6 Å². The first-order valence-electron chi connectivity index (χ1n) is 21.5. The van der Waals surface area contributed by atoms with Crippen LogP contribution < -0.4 is 19.3 Å². The van der Waals surface area contributed by atoms with E-state index in [2.05, 4.69) is 97.3 Å². The fourth-order valence-corrected chi connectivity index (χ4v) is 8.40. The van der Waals surface area contributed by atoms with Gasteiger partial charge in [-0.2, -0.15) is 0 Å². The number of benzene rings is 7. The second-order valence-electron chi connectivity index (χ2n) is 15.8. The zero-order chi connectivity index (χ0) is 42.4. The average molecular weight is 757 g/mol. The van der Waals surface area contributed by atoms with Crippen molar-refractivity contribution in [1.29, 1.82) is 0 Å². The molecule has 0 spiro atoms. The van der Waals surface area contributed by atoms with E-state index in [1.54, 1.807) is 0 Å². The zero-order valence-electron chi connectivity index (χ0n) is 36.2. The van der Waals surface area contributed by atoms with Crippen molar-refractivity contribution in [1.82, 2.24) is 9.55 Å². The number of pyridine rings is 1. The number of ether oxygens (including phenoxy) is 2.